The van der Waals surface area contributed by atoms with E-state index in [2.05, 4.69) is 61.1 Å². The summed E-state index contributed by atoms with van der Waals surface area (Å²) < 4.78 is 55.6. The van der Waals surface area contributed by atoms with Crippen LogP contribution in [0.3, 0.4) is 0 Å². The number of ether oxygens (including phenoxy) is 9. The average Bonchev–Trinajstić information content (AvgIpc) is 0.773. The Morgan fingerprint density at radius 3 is 1.95 bits per heavy atom. The lowest BCUT2D eigenvalue weighted by molar-refractivity contribution is -0.398. The van der Waals surface area contributed by atoms with Gasteiger partial charge >= 0.3 is 11.9 Å². The molecule has 0 spiro atoms. The van der Waals surface area contributed by atoms with Crippen molar-refractivity contribution in [1.29, 1.82) is 0 Å². The molecular weight excluding hydrogens is 1130 g/mol. The monoisotopic (exact) mass is 1230 g/mol. The number of carbonyl (C=O) groups is 2. The van der Waals surface area contributed by atoms with Crippen molar-refractivity contribution in [3.05, 3.63) is 36.0 Å². The Balaban J connectivity index is 0.996. The van der Waals surface area contributed by atoms with E-state index >= 15 is 0 Å². The first-order valence-electron chi connectivity index (χ1n) is 30.8. The summed E-state index contributed by atoms with van der Waals surface area (Å²) in [6.07, 6.45) is -20.5. The van der Waals surface area contributed by atoms with Crippen molar-refractivity contribution in [2.24, 2.45) is 50.2 Å². The molecule has 4 saturated heterocycles. The number of carbonyl (C=O) groups excluding carboxylic acids is 1. The quantitative estimate of drug-likeness (QED) is 0.0418. The minimum absolute atomic E-state index is 0.000580. The lowest BCUT2D eigenvalue weighted by atomic mass is 9.33. The first-order chi connectivity index (χ1) is 40.1. The largest absolute Gasteiger partial charge is 0.481 e. The van der Waals surface area contributed by atoms with Gasteiger partial charge in [-0.3, -0.25) is 4.79 Å². The highest BCUT2D eigenvalue weighted by molar-refractivity contribution is 5.88. The van der Waals surface area contributed by atoms with Crippen LogP contribution < -0.4 is 0 Å². The number of carboxylic acids is 1. The van der Waals surface area contributed by atoms with E-state index < -0.39 is 188 Å². The number of aliphatic hydroxyl groups excluding tert-OH is 11. The topological polar surface area (TPSA) is 380 Å². The van der Waals surface area contributed by atoms with Crippen LogP contribution in [0.15, 0.2) is 36.0 Å². The zero-order valence-electron chi connectivity index (χ0n) is 51.1. The Labute approximate surface area is 503 Å². The smallest absolute Gasteiger partial charge is 0.333 e. The van der Waals surface area contributed by atoms with Crippen LogP contribution in [-0.2, 0) is 52.2 Å². The first kappa shape index (κ1) is 67.7. The summed E-state index contributed by atoms with van der Waals surface area (Å²) in [4.78, 5) is 27.6. The predicted molar refractivity (Wildman–Crippen MR) is 300 cm³/mol. The van der Waals surface area contributed by atoms with Gasteiger partial charge in [-0.1, -0.05) is 72.3 Å². The maximum absolute atomic E-state index is 13.9. The second-order valence-corrected chi connectivity index (χ2v) is 28.8. The van der Waals surface area contributed by atoms with Gasteiger partial charge in [0.1, 0.15) is 91.6 Å². The normalized spacial score (nSPS) is 49.1. The molecule has 4 aliphatic heterocycles. The number of fused-ring (bicyclic) bond motifs is 7. The minimum Gasteiger partial charge on any atom is -0.481 e. The van der Waals surface area contributed by atoms with Gasteiger partial charge in [-0.2, -0.15) is 0 Å². The number of carboxylic acid groups (broad SMARTS) is 1. The molecule has 0 amide bonds. The lowest BCUT2D eigenvalue weighted by Crippen LogP contribution is -2.68. The van der Waals surface area contributed by atoms with Gasteiger partial charge in [0.2, 0.25) is 0 Å². The zero-order valence-corrected chi connectivity index (χ0v) is 51.1. The van der Waals surface area contributed by atoms with E-state index in [1.54, 1.807) is 19.9 Å². The number of hydrogen-bond donors (Lipinski definition) is 13. The maximum Gasteiger partial charge on any atom is 0.333 e. The summed E-state index contributed by atoms with van der Waals surface area (Å²) in [6.45, 7) is 20.1. The molecule has 86 heavy (non-hydrogen) atoms. The molecule has 9 aliphatic rings. The van der Waals surface area contributed by atoms with Crippen LogP contribution in [0.2, 0.25) is 0 Å². The number of hydrogen-bond acceptors (Lipinski definition) is 23. The molecule has 24 heteroatoms. The summed E-state index contributed by atoms with van der Waals surface area (Å²) in [6, 6.07) is 0. The maximum atomic E-state index is 13.9. The lowest BCUT2D eigenvalue weighted by Gasteiger charge is -2.71. The third kappa shape index (κ3) is 12.0. The van der Waals surface area contributed by atoms with Gasteiger partial charge in [0.25, 0.3) is 0 Å². The highest BCUT2D eigenvalue weighted by atomic mass is 16.8. The standard InChI is InChI=1S/C62H98O24/c1-11-58(7,77)18-12-13-29(2)50(74)83-39-24-62(55(75)76)22-21-60(9)30(31(62)23-56(39,3)4)14-15-37-59(8)19-17-38(57(5,6)36(59)16-20-61(37,60)10)84-54-49(86-53-47(73)44(70)42(68)34(25-63)81-53)48(85-52-46(72)41(67)33(65)27-79-52)43(69)35(82-54)28-80-51-45(71)40(66)32(64)26-78-51/h11,13-14,31-49,51-54,63-73,77H,1,12,15-28H2,2-10H3,(H,75,76). The molecule has 4 saturated carbocycles. The fourth-order valence-electron chi connectivity index (χ4n) is 17.1. The van der Waals surface area contributed by atoms with Gasteiger partial charge in [0.15, 0.2) is 25.2 Å². The van der Waals surface area contributed by atoms with Crippen molar-refractivity contribution in [3.8, 4) is 0 Å². The summed E-state index contributed by atoms with van der Waals surface area (Å²) in [5.41, 5.74) is -2.94. The second-order valence-electron chi connectivity index (χ2n) is 28.8. The Morgan fingerprint density at radius 1 is 0.698 bits per heavy atom. The first-order valence-corrected chi connectivity index (χ1v) is 30.8. The fraction of sp³-hybridized carbons (Fsp3) is 0.871. The molecule has 0 aromatic carbocycles. The van der Waals surface area contributed by atoms with E-state index in [9.17, 15) is 76.0 Å². The van der Waals surface area contributed by atoms with Crippen LogP contribution in [0, 0.1) is 50.2 Å². The molecule has 13 N–H and O–H groups in total. The number of allylic oxidation sites excluding steroid dienone is 3. The van der Waals surface area contributed by atoms with Gasteiger partial charge in [-0.15, -0.1) is 6.58 Å². The molecule has 490 valence electrons. The summed E-state index contributed by atoms with van der Waals surface area (Å²) in [5.74, 6) is -1.59. The van der Waals surface area contributed by atoms with Crippen molar-refractivity contribution < 1.29 is 119 Å². The SMILES string of the molecule is C=CC(C)(O)CCC=C(C)C(=O)OC1CC2(C(=O)O)CCC3(C)C(=CCC4C5(C)CCC(OC6OC(COC7OCC(O)C(O)C7O)C(O)C(OC7OCC(O)C(O)C7O)C6OC6OC(CO)C(O)C(O)C6O)C(C)(C)C5CCC43C)C2CC1(C)C. The molecule has 0 radical (unpaired) electrons. The molecular formula is C62H98O24. The molecule has 9 rings (SSSR count). The molecule has 28 atom stereocenters. The molecule has 0 bridgehead atoms. The number of esters is 1. The predicted octanol–water partition coefficient (Wildman–Crippen LogP) is 0.994. The third-order valence-corrected chi connectivity index (χ3v) is 22.9. The number of rotatable bonds is 17. The van der Waals surface area contributed by atoms with E-state index in [1.165, 1.54) is 11.6 Å². The molecule has 8 fully saturated rings. The van der Waals surface area contributed by atoms with Gasteiger partial charge in [0.05, 0.1) is 43.5 Å². The molecule has 4 heterocycles. The van der Waals surface area contributed by atoms with Crippen molar-refractivity contribution in [1.82, 2.24) is 0 Å². The number of aliphatic hydroxyl groups is 12. The van der Waals surface area contributed by atoms with E-state index in [1.807, 2.05) is 0 Å². The molecule has 0 aromatic rings. The Hall–Kier alpha value is -2.64. The van der Waals surface area contributed by atoms with Crippen LogP contribution in [-0.4, -0.2) is 233 Å². The van der Waals surface area contributed by atoms with E-state index in [0.717, 1.165) is 12.8 Å². The Bertz CT molecular complexity index is 2490. The zero-order chi connectivity index (χ0) is 63.2. The van der Waals surface area contributed by atoms with Crippen molar-refractivity contribution >= 4 is 11.9 Å². The van der Waals surface area contributed by atoms with Gasteiger partial charge in [-0.25, -0.2) is 4.79 Å². The Kier molecular flexibility index (Phi) is 19.8. The van der Waals surface area contributed by atoms with Crippen molar-refractivity contribution in [2.75, 3.05) is 26.4 Å². The third-order valence-electron chi connectivity index (χ3n) is 22.9. The number of aliphatic carboxylic acids is 1. The van der Waals surface area contributed by atoms with Gasteiger partial charge in [-0.05, 0) is 117 Å². The van der Waals surface area contributed by atoms with Crippen LogP contribution >= 0.6 is 0 Å². The van der Waals surface area contributed by atoms with E-state index in [-0.39, 0.29) is 35.0 Å². The van der Waals surface area contributed by atoms with Crippen LogP contribution in [0.5, 0.6) is 0 Å². The summed E-state index contributed by atoms with van der Waals surface area (Å²) in [5, 5.41) is 141. The van der Waals surface area contributed by atoms with Crippen molar-refractivity contribution in [2.45, 2.75) is 261 Å². The second kappa shape index (κ2) is 25.1. The highest BCUT2D eigenvalue weighted by Gasteiger charge is 2.71. The molecule has 0 aromatic heterocycles. The van der Waals surface area contributed by atoms with Crippen LogP contribution in [0.1, 0.15) is 133 Å². The minimum atomic E-state index is -1.96. The molecule has 5 aliphatic carbocycles. The van der Waals surface area contributed by atoms with Crippen LogP contribution in [0.4, 0.5) is 0 Å². The van der Waals surface area contributed by atoms with Gasteiger partial charge < -0.3 is 109 Å². The molecule has 24 nitrogen and oxygen atoms in total. The Morgan fingerprint density at radius 2 is 1.31 bits per heavy atom. The summed E-state index contributed by atoms with van der Waals surface area (Å²) >= 11 is 0. The van der Waals surface area contributed by atoms with Crippen molar-refractivity contribution in [3.63, 3.8) is 0 Å². The van der Waals surface area contributed by atoms with E-state index in [4.69, 9.17) is 42.6 Å². The molecule has 28 unspecified atom stereocenters. The highest BCUT2D eigenvalue weighted by Crippen LogP contribution is 2.76. The van der Waals surface area contributed by atoms with E-state index in [0.29, 0.717) is 56.9 Å². The van der Waals surface area contributed by atoms with Gasteiger partial charge in [0, 0.05) is 17.4 Å². The average molecular weight is 1230 g/mol. The fourth-order valence-corrected chi connectivity index (χ4v) is 17.1. The van der Waals surface area contributed by atoms with Crippen LogP contribution in [0.25, 0.3) is 0 Å². The summed E-state index contributed by atoms with van der Waals surface area (Å²) in [7, 11) is 0.